The van der Waals surface area contributed by atoms with E-state index >= 15 is 0 Å². The van der Waals surface area contributed by atoms with Gasteiger partial charge in [0, 0.05) is 19.6 Å². The average molecular weight is 382 g/mol. The number of urea groups is 1. The number of hydrogen-bond donors (Lipinski definition) is 1. The topological polar surface area (TPSA) is 48.7 Å². The van der Waals surface area contributed by atoms with Crippen LogP contribution in [0, 0.1) is 5.92 Å². The smallest absolute Gasteiger partial charge is 0.317 e. The molecule has 2 amide bonds. The molecule has 150 valence electrons. The molecule has 1 aromatic heterocycles. The van der Waals surface area contributed by atoms with Crippen LogP contribution in [-0.4, -0.2) is 48.6 Å². The van der Waals surface area contributed by atoms with Gasteiger partial charge in [-0.2, -0.15) is 0 Å². The van der Waals surface area contributed by atoms with E-state index in [-0.39, 0.29) is 12.1 Å². The number of rotatable bonds is 6. The van der Waals surface area contributed by atoms with Crippen molar-refractivity contribution in [2.75, 3.05) is 32.7 Å². The number of amides is 2. The molecular weight excluding hydrogens is 350 g/mol. The molecule has 1 aromatic carbocycles. The number of carbonyl (C=O) groups is 1. The summed E-state index contributed by atoms with van der Waals surface area (Å²) in [6.45, 7) is 4.45. The Balaban J connectivity index is 1.26. The lowest BCUT2D eigenvalue weighted by Gasteiger charge is -2.33. The van der Waals surface area contributed by atoms with Crippen LogP contribution in [0.1, 0.15) is 43.0 Å². The van der Waals surface area contributed by atoms with Gasteiger partial charge >= 0.3 is 6.03 Å². The Morgan fingerprint density at radius 3 is 2.46 bits per heavy atom. The fourth-order valence-corrected chi connectivity index (χ4v) is 4.53. The molecule has 1 unspecified atom stereocenters. The Labute approximate surface area is 167 Å². The zero-order valence-electron chi connectivity index (χ0n) is 16.6. The molecule has 1 atom stereocenters. The molecule has 0 bridgehead atoms. The van der Waals surface area contributed by atoms with Gasteiger partial charge in [0.2, 0.25) is 0 Å². The quantitative estimate of drug-likeness (QED) is 0.820. The monoisotopic (exact) mass is 381 g/mol. The van der Waals surface area contributed by atoms with Gasteiger partial charge in [0.1, 0.15) is 5.76 Å². The van der Waals surface area contributed by atoms with Gasteiger partial charge in [0.05, 0.1) is 12.3 Å². The van der Waals surface area contributed by atoms with Crippen LogP contribution in [0.3, 0.4) is 0 Å². The molecule has 2 aliphatic heterocycles. The van der Waals surface area contributed by atoms with Crippen LogP contribution in [-0.2, 0) is 6.42 Å². The number of piperidine rings is 1. The number of furan rings is 1. The summed E-state index contributed by atoms with van der Waals surface area (Å²) in [5, 5.41) is 3.17. The van der Waals surface area contributed by atoms with Gasteiger partial charge < -0.3 is 14.6 Å². The zero-order chi connectivity index (χ0) is 19.2. The van der Waals surface area contributed by atoms with Crippen LogP contribution in [0.5, 0.6) is 0 Å². The third-order valence-corrected chi connectivity index (χ3v) is 6.17. The predicted molar refractivity (Wildman–Crippen MR) is 110 cm³/mol. The Hall–Kier alpha value is -2.27. The van der Waals surface area contributed by atoms with Crippen LogP contribution < -0.4 is 5.32 Å². The molecule has 2 saturated heterocycles. The van der Waals surface area contributed by atoms with Gasteiger partial charge in [0.15, 0.2) is 0 Å². The number of nitrogens with one attached hydrogen (secondary N) is 1. The summed E-state index contributed by atoms with van der Waals surface area (Å²) in [5.74, 6) is 1.62. The normalized spacial score (nSPS) is 19.6. The minimum absolute atomic E-state index is 0.0638. The molecule has 4 rings (SSSR count). The first kappa shape index (κ1) is 19.1. The highest BCUT2D eigenvalue weighted by molar-refractivity contribution is 5.74. The van der Waals surface area contributed by atoms with E-state index in [1.54, 1.807) is 6.26 Å². The summed E-state index contributed by atoms with van der Waals surface area (Å²) in [6.07, 6.45) is 7.44. The van der Waals surface area contributed by atoms with Gasteiger partial charge in [-0.15, -0.1) is 0 Å². The molecule has 0 radical (unpaired) electrons. The molecule has 0 saturated carbocycles. The highest BCUT2D eigenvalue weighted by Crippen LogP contribution is 2.25. The lowest BCUT2D eigenvalue weighted by atomic mass is 9.90. The number of carbonyl (C=O) groups excluding carboxylic acids is 1. The van der Waals surface area contributed by atoms with Crippen molar-refractivity contribution in [3.8, 4) is 0 Å². The standard InChI is InChI=1S/C23H31N3O2/c27-23(24-18-21(22-9-6-16-28-22)25-12-4-5-13-25)26-14-10-20(11-15-26)17-19-7-2-1-3-8-19/h1-3,6-9,16,20-21H,4-5,10-15,17-18H2,(H,24,27). The second-order valence-corrected chi connectivity index (χ2v) is 8.08. The maximum Gasteiger partial charge on any atom is 0.317 e. The lowest BCUT2D eigenvalue weighted by molar-refractivity contribution is 0.161. The van der Waals surface area contributed by atoms with Crippen molar-refractivity contribution < 1.29 is 9.21 Å². The van der Waals surface area contributed by atoms with E-state index in [4.69, 9.17) is 4.42 Å². The molecule has 5 heteroatoms. The Kier molecular flexibility index (Phi) is 6.32. The first-order valence-electron chi connectivity index (χ1n) is 10.6. The van der Waals surface area contributed by atoms with Crippen LogP contribution in [0.4, 0.5) is 4.79 Å². The SMILES string of the molecule is O=C(NCC(c1ccco1)N1CCCC1)N1CCC(Cc2ccccc2)CC1. The number of nitrogens with zero attached hydrogens (tertiary/aromatic N) is 2. The average Bonchev–Trinajstić information content (AvgIpc) is 3.44. The largest absolute Gasteiger partial charge is 0.468 e. The van der Waals surface area contributed by atoms with E-state index in [1.165, 1.54) is 18.4 Å². The Bertz CT molecular complexity index is 718. The van der Waals surface area contributed by atoms with E-state index in [2.05, 4.69) is 40.5 Å². The van der Waals surface area contributed by atoms with E-state index in [9.17, 15) is 4.79 Å². The van der Waals surface area contributed by atoms with Gasteiger partial charge in [-0.3, -0.25) is 4.90 Å². The summed E-state index contributed by atoms with van der Waals surface area (Å²) in [7, 11) is 0. The molecule has 2 fully saturated rings. The second kappa shape index (κ2) is 9.28. The number of hydrogen-bond acceptors (Lipinski definition) is 3. The molecule has 3 heterocycles. The first-order chi connectivity index (χ1) is 13.8. The summed E-state index contributed by atoms with van der Waals surface area (Å²) in [5.41, 5.74) is 1.40. The van der Waals surface area contributed by atoms with Crippen molar-refractivity contribution in [1.82, 2.24) is 15.1 Å². The van der Waals surface area contributed by atoms with Crippen LogP contribution in [0.2, 0.25) is 0 Å². The van der Waals surface area contributed by atoms with Crippen LogP contribution in [0.25, 0.3) is 0 Å². The highest BCUT2D eigenvalue weighted by atomic mass is 16.3. The number of likely N-dealkylation sites (tertiary alicyclic amines) is 2. The summed E-state index contributed by atoms with van der Waals surface area (Å²) < 4.78 is 5.65. The van der Waals surface area contributed by atoms with E-state index < -0.39 is 0 Å². The summed E-state index contributed by atoms with van der Waals surface area (Å²) in [6, 6.07) is 14.8. The fourth-order valence-electron chi connectivity index (χ4n) is 4.53. The van der Waals surface area contributed by atoms with Gasteiger partial charge in [-0.05, 0) is 68.8 Å². The maximum absolute atomic E-state index is 12.7. The van der Waals surface area contributed by atoms with Crippen molar-refractivity contribution in [2.45, 2.75) is 38.1 Å². The van der Waals surface area contributed by atoms with Crippen LogP contribution >= 0.6 is 0 Å². The molecule has 0 spiro atoms. The Morgan fingerprint density at radius 2 is 1.79 bits per heavy atom. The first-order valence-corrected chi connectivity index (χ1v) is 10.6. The van der Waals surface area contributed by atoms with Crippen molar-refractivity contribution in [1.29, 1.82) is 0 Å². The summed E-state index contributed by atoms with van der Waals surface area (Å²) >= 11 is 0. The summed E-state index contributed by atoms with van der Waals surface area (Å²) in [4.78, 5) is 17.1. The Morgan fingerprint density at radius 1 is 1.04 bits per heavy atom. The molecule has 0 aliphatic carbocycles. The number of benzene rings is 1. The predicted octanol–water partition coefficient (Wildman–Crippen LogP) is 4.08. The van der Waals surface area contributed by atoms with Crippen molar-refractivity contribution in [2.24, 2.45) is 5.92 Å². The van der Waals surface area contributed by atoms with Gasteiger partial charge in [-0.25, -0.2) is 4.79 Å². The zero-order valence-corrected chi connectivity index (χ0v) is 16.6. The molecular formula is C23H31N3O2. The van der Waals surface area contributed by atoms with Crippen molar-refractivity contribution in [3.63, 3.8) is 0 Å². The lowest BCUT2D eigenvalue weighted by Crippen LogP contribution is -2.47. The minimum atomic E-state index is 0.0638. The van der Waals surface area contributed by atoms with E-state index in [0.29, 0.717) is 12.5 Å². The molecule has 2 aliphatic rings. The van der Waals surface area contributed by atoms with Gasteiger partial charge in [0.25, 0.3) is 0 Å². The van der Waals surface area contributed by atoms with Crippen molar-refractivity contribution >= 4 is 6.03 Å². The molecule has 28 heavy (non-hydrogen) atoms. The van der Waals surface area contributed by atoms with Gasteiger partial charge in [-0.1, -0.05) is 30.3 Å². The second-order valence-electron chi connectivity index (χ2n) is 8.08. The molecule has 5 nitrogen and oxygen atoms in total. The fraction of sp³-hybridized carbons (Fsp3) is 0.522. The van der Waals surface area contributed by atoms with E-state index in [1.807, 2.05) is 17.0 Å². The third kappa shape index (κ3) is 4.76. The van der Waals surface area contributed by atoms with Crippen LogP contribution in [0.15, 0.2) is 53.1 Å². The van der Waals surface area contributed by atoms with E-state index in [0.717, 1.165) is 51.2 Å². The highest BCUT2D eigenvalue weighted by Gasteiger charge is 2.28. The maximum atomic E-state index is 12.7. The molecule has 1 N–H and O–H groups in total. The third-order valence-electron chi connectivity index (χ3n) is 6.17. The van der Waals surface area contributed by atoms with Crippen molar-refractivity contribution in [3.05, 3.63) is 60.1 Å². The minimum Gasteiger partial charge on any atom is -0.468 e. The molecule has 2 aromatic rings.